The quantitative estimate of drug-likeness (QED) is 0.473. The SMILES string of the molecule is CC(C)C1=C2CCCCC2=CC1.CC(C)C1CC1.CC(C)C1CCCC1. The Balaban J connectivity index is 0.000000151. The van der Waals surface area contributed by atoms with Crippen LogP contribution in [0.25, 0.3) is 0 Å². The van der Waals surface area contributed by atoms with Gasteiger partial charge >= 0.3 is 0 Å². The van der Waals surface area contributed by atoms with E-state index in [4.69, 9.17) is 0 Å². The minimum absolute atomic E-state index is 0.770. The molecule has 0 atom stereocenters. The molecule has 0 heterocycles. The van der Waals surface area contributed by atoms with E-state index >= 15 is 0 Å². The van der Waals surface area contributed by atoms with Crippen molar-refractivity contribution in [3.63, 3.8) is 0 Å². The average molecular weight is 359 g/mol. The molecule has 0 spiro atoms. The van der Waals surface area contributed by atoms with Crippen molar-refractivity contribution in [2.45, 2.75) is 112 Å². The summed E-state index contributed by atoms with van der Waals surface area (Å²) >= 11 is 0. The Morgan fingerprint density at radius 1 is 0.692 bits per heavy atom. The van der Waals surface area contributed by atoms with Crippen LogP contribution < -0.4 is 0 Å². The van der Waals surface area contributed by atoms with Gasteiger partial charge in [-0.3, -0.25) is 0 Å². The second kappa shape index (κ2) is 10.7. The summed E-state index contributed by atoms with van der Waals surface area (Å²) in [7, 11) is 0. The van der Waals surface area contributed by atoms with Gasteiger partial charge in [-0.05, 0) is 85.7 Å². The van der Waals surface area contributed by atoms with E-state index in [9.17, 15) is 0 Å². The number of hydrogen-bond acceptors (Lipinski definition) is 0. The highest BCUT2D eigenvalue weighted by atomic mass is 14.3. The van der Waals surface area contributed by atoms with Crippen LogP contribution >= 0.6 is 0 Å². The summed E-state index contributed by atoms with van der Waals surface area (Å²) in [6.07, 6.45) is 18.2. The number of allylic oxidation sites excluding steroid dienone is 4. The van der Waals surface area contributed by atoms with E-state index in [-0.39, 0.29) is 0 Å². The average Bonchev–Trinajstić information content (AvgIpc) is 3.15. The van der Waals surface area contributed by atoms with Gasteiger partial charge in [0.1, 0.15) is 0 Å². The molecule has 0 N–H and O–H groups in total. The highest BCUT2D eigenvalue weighted by Crippen LogP contribution is 2.39. The van der Waals surface area contributed by atoms with Crippen LogP contribution in [0.15, 0.2) is 22.8 Å². The molecule has 0 radical (unpaired) electrons. The number of hydrogen-bond donors (Lipinski definition) is 0. The number of rotatable bonds is 3. The van der Waals surface area contributed by atoms with Gasteiger partial charge in [0.15, 0.2) is 0 Å². The summed E-state index contributed by atoms with van der Waals surface area (Å²) in [6, 6.07) is 0. The molecule has 0 aromatic carbocycles. The zero-order valence-corrected chi connectivity index (χ0v) is 18.7. The van der Waals surface area contributed by atoms with Gasteiger partial charge in [-0.25, -0.2) is 0 Å². The highest BCUT2D eigenvalue weighted by Gasteiger charge is 2.24. The van der Waals surface area contributed by atoms with E-state index in [1.165, 1.54) is 70.6 Å². The Hall–Kier alpha value is -0.520. The summed E-state index contributed by atoms with van der Waals surface area (Å²) in [5.41, 5.74) is 5.14. The molecule has 0 bridgehead atoms. The van der Waals surface area contributed by atoms with E-state index < -0.39 is 0 Å². The van der Waals surface area contributed by atoms with Crippen molar-refractivity contribution in [3.05, 3.63) is 22.8 Å². The van der Waals surface area contributed by atoms with Gasteiger partial charge in [-0.15, -0.1) is 0 Å². The van der Waals surface area contributed by atoms with Crippen LogP contribution in [0.1, 0.15) is 112 Å². The molecule has 0 nitrogen and oxygen atoms in total. The summed E-state index contributed by atoms with van der Waals surface area (Å²) in [6.45, 7) is 13.9. The van der Waals surface area contributed by atoms with E-state index in [0.29, 0.717) is 0 Å². The molecule has 0 aliphatic heterocycles. The van der Waals surface area contributed by atoms with Crippen molar-refractivity contribution in [1.82, 2.24) is 0 Å². The third-order valence-corrected chi connectivity index (χ3v) is 7.07. The summed E-state index contributed by atoms with van der Waals surface area (Å²) < 4.78 is 0. The Bertz CT molecular complexity index is 464. The van der Waals surface area contributed by atoms with Gasteiger partial charge in [0.05, 0.1) is 0 Å². The molecule has 0 aromatic rings. The topological polar surface area (TPSA) is 0 Å². The van der Waals surface area contributed by atoms with E-state index in [0.717, 1.165) is 29.6 Å². The molecule has 26 heavy (non-hydrogen) atoms. The van der Waals surface area contributed by atoms with Gasteiger partial charge < -0.3 is 0 Å². The summed E-state index contributed by atoms with van der Waals surface area (Å²) in [5.74, 6) is 4.84. The normalized spacial score (nSPS) is 22.9. The van der Waals surface area contributed by atoms with E-state index in [1.54, 1.807) is 16.7 Å². The maximum absolute atomic E-state index is 2.46. The van der Waals surface area contributed by atoms with Crippen LogP contribution in [0.5, 0.6) is 0 Å². The zero-order chi connectivity index (χ0) is 19.1. The maximum Gasteiger partial charge on any atom is -0.0124 e. The van der Waals surface area contributed by atoms with Gasteiger partial charge in [0.25, 0.3) is 0 Å². The molecule has 0 aromatic heterocycles. The molecule has 4 rings (SSSR count). The standard InChI is InChI=1S/C12H18.C8H16.C6H12/c1-9(2)11-8-7-10-5-3-4-6-12(10)11;1-7(2)8-5-3-4-6-8;1-5(2)6-3-4-6/h7,9H,3-6,8H2,1-2H3;7-8H,3-6H2,1-2H3;5-6H,3-4H2,1-2H3. The fourth-order valence-corrected chi connectivity index (χ4v) is 4.85. The van der Waals surface area contributed by atoms with E-state index in [2.05, 4.69) is 47.6 Å². The van der Waals surface area contributed by atoms with Crippen LogP contribution in [-0.4, -0.2) is 0 Å². The van der Waals surface area contributed by atoms with Crippen molar-refractivity contribution >= 4 is 0 Å². The number of fused-ring (bicyclic) bond motifs is 1. The molecule has 4 aliphatic rings. The Kier molecular flexibility index (Phi) is 8.98. The van der Waals surface area contributed by atoms with Crippen molar-refractivity contribution < 1.29 is 0 Å². The van der Waals surface area contributed by atoms with Crippen LogP contribution in [0, 0.1) is 29.6 Å². The lowest BCUT2D eigenvalue weighted by Crippen LogP contribution is -2.01. The second-order valence-corrected chi connectivity index (χ2v) is 10.2. The lowest BCUT2D eigenvalue weighted by molar-refractivity contribution is 0.396. The van der Waals surface area contributed by atoms with Crippen molar-refractivity contribution in [2.24, 2.45) is 29.6 Å². The minimum atomic E-state index is 0.770. The third-order valence-electron chi connectivity index (χ3n) is 7.07. The fraction of sp³-hybridized carbons (Fsp3) is 0.846. The molecule has 4 aliphatic carbocycles. The molecule has 0 unspecified atom stereocenters. The molecule has 3 fully saturated rings. The zero-order valence-electron chi connectivity index (χ0n) is 18.7. The van der Waals surface area contributed by atoms with Crippen molar-refractivity contribution in [3.8, 4) is 0 Å². The van der Waals surface area contributed by atoms with Crippen molar-refractivity contribution in [2.75, 3.05) is 0 Å². The lowest BCUT2D eigenvalue weighted by atomic mass is 9.87. The van der Waals surface area contributed by atoms with Gasteiger partial charge in [-0.1, -0.05) is 78.9 Å². The molecule has 150 valence electrons. The predicted octanol–water partition coefficient (Wildman–Crippen LogP) is 8.73. The van der Waals surface area contributed by atoms with Crippen LogP contribution in [0.2, 0.25) is 0 Å². The minimum Gasteiger partial charge on any atom is -0.0769 e. The first-order valence-corrected chi connectivity index (χ1v) is 11.8. The van der Waals surface area contributed by atoms with Gasteiger partial charge in [0.2, 0.25) is 0 Å². The predicted molar refractivity (Wildman–Crippen MR) is 117 cm³/mol. The first kappa shape index (κ1) is 21.8. The summed E-state index contributed by atoms with van der Waals surface area (Å²) in [4.78, 5) is 0. The first-order chi connectivity index (χ1) is 12.4. The van der Waals surface area contributed by atoms with Gasteiger partial charge in [0, 0.05) is 0 Å². The summed E-state index contributed by atoms with van der Waals surface area (Å²) in [5, 5.41) is 0. The maximum atomic E-state index is 2.46. The second-order valence-electron chi connectivity index (χ2n) is 10.2. The Labute approximate surface area is 164 Å². The first-order valence-electron chi connectivity index (χ1n) is 11.8. The molecule has 3 saturated carbocycles. The molecular formula is C26H46. The van der Waals surface area contributed by atoms with E-state index in [1.807, 2.05) is 0 Å². The molecule has 0 saturated heterocycles. The van der Waals surface area contributed by atoms with Crippen LogP contribution in [0.4, 0.5) is 0 Å². The fourth-order valence-electron chi connectivity index (χ4n) is 4.85. The lowest BCUT2D eigenvalue weighted by Gasteiger charge is -2.18. The van der Waals surface area contributed by atoms with Gasteiger partial charge in [-0.2, -0.15) is 0 Å². The molecule has 0 heteroatoms. The van der Waals surface area contributed by atoms with Crippen molar-refractivity contribution in [1.29, 1.82) is 0 Å². The third kappa shape index (κ3) is 6.90. The van der Waals surface area contributed by atoms with Crippen LogP contribution in [-0.2, 0) is 0 Å². The van der Waals surface area contributed by atoms with Crippen LogP contribution in [0.3, 0.4) is 0 Å². The monoisotopic (exact) mass is 358 g/mol. The Morgan fingerprint density at radius 3 is 1.65 bits per heavy atom. The largest absolute Gasteiger partial charge is 0.0769 e. The molecule has 0 amide bonds. The smallest absolute Gasteiger partial charge is 0.0124 e. The Morgan fingerprint density at radius 2 is 1.23 bits per heavy atom. The highest BCUT2D eigenvalue weighted by molar-refractivity contribution is 5.44. The molecular weight excluding hydrogens is 312 g/mol.